The Hall–Kier alpha value is -1.04. The van der Waals surface area contributed by atoms with E-state index in [2.05, 4.69) is 9.97 Å². The van der Waals surface area contributed by atoms with Crippen LogP contribution < -0.4 is 5.73 Å². The molecule has 0 saturated heterocycles. The number of halogens is 3. The van der Waals surface area contributed by atoms with Crippen LogP contribution in [-0.4, -0.2) is 9.97 Å². The van der Waals surface area contributed by atoms with Gasteiger partial charge in [0.2, 0.25) is 0 Å². The third-order valence-electron chi connectivity index (χ3n) is 1.19. The molecule has 1 heterocycles. The van der Waals surface area contributed by atoms with Crippen molar-refractivity contribution in [3.63, 3.8) is 0 Å². The monoisotopic (exact) mass is 165 g/mol. The SMILES string of the molecule is NCc1[nH]cnc1C(F)(F)F. The molecule has 0 bridgehead atoms. The van der Waals surface area contributed by atoms with Crippen molar-refractivity contribution in [2.75, 3.05) is 0 Å². The molecule has 0 aliphatic heterocycles. The third-order valence-corrected chi connectivity index (χ3v) is 1.19. The van der Waals surface area contributed by atoms with Crippen LogP contribution in [0.15, 0.2) is 6.33 Å². The molecule has 0 saturated carbocycles. The highest BCUT2D eigenvalue weighted by molar-refractivity contribution is 5.13. The lowest BCUT2D eigenvalue weighted by Crippen LogP contribution is -2.11. The second kappa shape index (κ2) is 2.54. The number of hydrogen-bond donors (Lipinski definition) is 2. The van der Waals surface area contributed by atoms with E-state index in [1.807, 2.05) is 0 Å². The fourth-order valence-corrected chi connectivity index (χ4v) is 0.721. The summed E-state index contributed by atoms with van der Waals surface area (Å²) in [6.45, 7) is -0.186. The van der Waals surface area contributed by atoms with Crippen LogP contribution in [0.3, 0.4) is 0 Å². The highest BCUT2D eigenvalue weighted by Crippen LogP contribution is 2.29. The molecule has 3 N–H and O–H groups in total. The minimum atomic E-state index is -4.41. The Morgan fingerprint density at radius 3 is 2.55 bits per heavy atom. The summed E-state index contributed by atoms with van der Waals surface area (Å²) in [6.07, 6.45) is -3.43. The van der Waals surface area contributed by atoms with Gasteiger partial charge in [-0.3, -0.25) is 0 Å². The molecule has 0 fully saturated rings. The van der Waals surface area contributed by atoms with Crippen molar-refractivity contribution in [1.82, 2.24) is 9.97 Å². The van der Waals surface area contributed by atoms with Crippen LogP contribution in [0.4, 0.5) is 13.2 Å². The van der Waals surface area contributed by atoms with Gasteiger partial charge in [0, 0.05) is 6.54 Å². The maximum absolute atomic E-state index is 11.9. The summed E-state index contributed by atoms with van der Waals surface area (Å²) in [5.74, 6) is 0. The van der Waals surface area contributed by atoms with Gasteiger partial charge in [-0.1, -0.05) is 0 Å². The van der Waals surface area contributed by atoms with E-state index in [0.29, 0.717) is 0 Å². The van der Waals surface area contributed by atoms with Gasteiger partial charge >= 0.3 is 6.18 Å². The Morgan fingerprint density at radius 1 is 1.55 bits per heavy atom. The first kappa shape index (κ1) is 8.06. The van der Waals surface area contributed by atoms with E-state index in [4.69, 9.17) is 5.73 Å². The minimum absolute atomic E-state index is 0.0856. The number of nitrogens with two attached hydrogens (primary N) is 1. The average molecular weight is 165 g/mol. The summed E-state index contributed by atoms with van der Waals surface area (Å²) < 4.78 is 35.8. The zero-order valence-electron chi connectivity index (χ0n) is 5.44. The lowest BCUT2D eigenvalue weighted by Gasteiger charge is -2.03. The lowest BCUT2D eigenvalue weighted by atomic mass is 10.3. The molecular formula is C5H6F3N3. The highest BCUT2D eigenvalue weighted by atomic mass is 19.4. The van der Waals surface area contributed by atoms with Crippen molar-refractivity contribution in [2.45, 2.75) is 12.7 Å². The second-order valence-corrected chi connectivity index (χ2v) is 1.93. The van der Waals surface area contributed by atoms with Crippen LogP contribution in [0.1, 0.15) is 11.4 Å². The third kappa shape index (κ3) is 1.51. The maximum atomic E-state index is 11.9. The number of hydrogen-bond acceptors (Lipinski definition) is 2. The number of nitrogens with one attached hydrogen (secondary N) is 1. The number of rotatable bonds is 1. The van der Waals surface area contributed by atoms with Crippen LogP contribution >= 0.6 is 0 Å². The summed E-state index contributed by atoms with van der Waals surface area (Å²) >= 11 is 0. The van der Waals surface area contributed by atoms with Crippen molar-refractivity contribution in [2.24, 2.45) is 5.73 Å². The molecule has 3 nitrogen and oxygen atoms in total. The molecule has 0 aliphatic carbocycles. The molecule has 0 amide bonds. The van der Waals surface area contributed by atoms with Crippen molar-refractivity contribution < 1.29 is 13.2 Å². The Labute approximate surface area is 60.4 Å². The summed E-state index contributed by atoms with van der Waals surface area (Å²) in [4.78, 5) is 5.40. The van der Waals surface area contributed by atoms with E-state index < -0.39 is 11.9 Å². The van der Waals surface area contributed by atoms with Crippen molar-refractivity contribution >= 4 is 0 Å². The topological polar surface area (TPSA) is 54.7 Å². The van der Waals surface area contributed by atoms with Crippen LogP contribution in [0.25, 0.3) is 0 Å². The molecule has 0 unspecified atom stereocenters. The van der Waals surface area contributed by atoms with E-state index in [-0.39, 0.29) is 12.2 Å². The molecule has 11 heavy (non-hydrogen) atoms. The van der Waals surface area contributed by atoms with Gasteiger partial charge in [0.15, 0.2) is 5.69 Å². The average Bonchev–Trinajstić information content (AvgIpc) is 2.31. The molecule has 62 valence electrons. The summed E-state index contributed by atoms with van der Waals surface area (Å²) in [6, 6.07) is 0. The Morgan fingerprint density at radius 2 is 2.18 bits per heavy atom. The standard InChI is InChI=1S/C5H6F3N3/c6-5(7,8)4-3(1-9)10-2-11-4/h2H,1,9H2,(H,10,11). The molecule has 0 radical (unpaired) electrons. The van der Waals surface area contributed by atoms with Crippen molar-refractivity contribution in [1.29, 1.82) is 0 Å². The zero-order chi connectivity index (χ0) is 8.48. The van der Waals surface area contributed by atoms with Crippen LogP contribution in [-0.2, 0) is 12.7 Å². The Bertz CT molecular complexity index is 239. The Balaban J connectivity index is 3.02. The van der Waals surface area contributed by atoms with Gasteiger partial charge in [-0.15, -0.1) is 0 Å². The molecular weight excluding hydrogens is 159 g/mol. The van der Waals surface area contributed by atoms with E-state index >= 15 is 0 Å². The number of aromatic amines is 1. The summed E-state index contributed by atoms with van der Waals surface area (Å²) in [7, 11) is 0. The van der Waals surface area contributed by atoms with Gasteiger partial charge in [-0.05, 0) is 0 Å². The number of H-pyrrole nitrogens is 1. The maximum Gasteiger partial charge on any atom is 0.435 e. The number of imidazole rings is 1. The molecule has 0 aromatic carbocycles. The van der Waals surface area contributed by atoms with Gasteiger partial charge in [-0.2, -0.15) is 13.2 Å². The smallest absolute Gasteiger partial charge is 0.347 e. The van der Waals surface area contributed by atoms with Gasteiger partial charge in [0.25, 0.3) is 0 Å². The predicted molar refractivity (Wildman–Crippen MR) is 31.5 cm³/mol. The molecule has 1 aromatic heterocycles. The molecule has 0 aliphatic rings. The Kier molecular flexibility index (Phi) is 1.86. The predicted octanol–water partition coefficient (Wildman–Crippen LogP) is 0.887. The molecule has 0 atom stereocenters. The molecule has 1 rings (SSSR count). The van der Waals surface area contributed by atoms with Crippen LogP contribution in [0.2, 0.25) is 0 Å². The normalized spacial score (nSPS) is 12.0. The van der Waals surface area contributed by atoms with Gasteiger partial charge < -0.3 is 10.7 Å². The van der Waals surface area contributed by atoms with Crippen LogP contribution in [0.5, 0.6) is 0 Å². The zero-order valence-corrected chi connectivity index (χ0v) is 5.44. The summed E-state index contributed by atoms with van der Waals surface area (Å²) in [5.41, 5.74) is 4.00. The fraction of sp³-hybridized carbons (Fsp3) is 0.400. The van der Waals surface area contributed by atoms with Gasteiger partial charge in [0.05, 0.1) is 12.0 Å². The first-order valence-corrected chi connectivity index (χ1v) is 2.85. The van der Waals surface area contributed by atoms with E-state index in [9.17, 15) is 13.2 Å². The number of alkyl halides is 3. The highest BCUT2D eigenvalue weighted by Gasteiger charge is 2.35. The first-order chi connectivity index (χ1) is 5.05. The second-order valence-electron chi connectivity index (χ2n) is 1.93. The lowest BCUT2D eigenvalue weighted by molar-refractivity contribution is -0.141. The summed E-state index contributed by atoms with van der Waals surface area (Å²) in [5, 5.41) is 0. The van der Waals surface area contributed by atoms with E-state index in [1.54, 1.807) is 0 Å². The minimum Gasteiger partial charge on any atom is -0.347 e. The number of aromatic nitrogens is 2. The van der Waals surface area contributed by atoms with Gasteiger partial charge in [-0.25, -0.2) is 4.98 Å². The molecule has 6 heteroatoms. The van der Waals surface area contributed by atoms with E-state index in [1.165, 1.54) is 0 Å². The van der Waals surface area contributed by atoms with Crippen molar-refractivity contribution in [3.8, 4) is 0 Å². The first-order valence-electron chi connectivity index (χ1n) is 2.85. The van der Waals surface area contributed by atoms with Crippen molar-refractivity contribution in [3.05, 3.63) is 17.7 Å². The fourth-order valence-electron chi connectivity index (χ4n) is 0.721. The molecule has 1 aromatic rings. The van der Waals surface area contributed by atoms with E-state index in [0.717, 1.165) is 6.33 Å². The molecule has 0 spiro atoms. The quantitative estimate of drug-likeness (QED) is 0.649. The van der Waals surface area contributed by atoms with Crippen LogP contribution in [0, 0.1) is 0 Å². The van der Waals surface area contributed by atoms with Gasteiger partial charge in [0.1, 0.15) is 0 Å². The largest absolute Gasteiger partial charge is 0.435 e. The number of nitrogens with zero attached hydrogens (tertiary/aromatic N) is 1.